The van der Waals surface area contributed by atoms with Crippen molar-refractivity contribution in [2.24, 2.45) is 0 Å². The molecule has 26 heavy (non-hydrogen) atoms. The number of carbonyl (C=O) groups excluding carboxylic acids is 2. The Kier molecular flexibility index (Phi) is 8.43. The molecule has 1 aromatic carbocycles. The number of halogens is 2. The largest absolute Gasteiger partial charge is 0.459 e. The summed E-state index contributed by atoms with van der Waals surface area (Å²) in [7, 11) is 3.76. The van der Waals surface area contributed by atoms with E-state index < -0.39 is 17.4 Å². The van der Waals surface area contributed by atoms with Gasteiger partial charge in [-0.2, -0.15) is 0 Å². The van der Waals surface area contributed by atoms with Crippen molar-refractivity contribution >= 4 is 33.9 Å². The summed E-state index contributed by atoms with van der Waals surface area (Å²) in [6.07, 6.45) is 2.67. The van der Waals surface area contributed by atoms with Crippen LogP contribution in [0.25, 0.3) is 6.08 Å². The van der Waals surface area contributed by atoms with Gasteiger partial charge in [-0.05, 0) is 59.1 Å². The van der Waals surface area contributed by atoms with E-state index in [2.05, 4.69) is 15.9 Å². The Hall–Kier alpha value is -1.73. The van der Waals surface area contributed by atoms with E-state index in [0.29, 0.717) is 17.6 Å². The lowest BCUT2D eigenvalue weighted by atomic mass is 10.2. The minimum atomic E-state index is -0.622. The molecule has 0 heterocycles. The van der Waals surface area contributed by atoms with Gasteiger partial charge in [0.05, 0.1) is 0 Å². The Balaban J connectivity index is 2.87. The Bertz CT molecular complexity index is 669. The summed E-state index contributed by atoms with van der Waals surface area (Å²) >= 11 is 3.27. The number of amides is 1. The molecular weight excluding hydrogens is 403 g/mol. The van der Waals surface area contributed by atoms with Crippen LogP contribution in [0, 0.1) is 5.82 Å². The van der Waals surface area contributed by atoms with Crippen LogP contribution < -0.4 is 0 Å². The normalized spacial score (nSPS) is 11.8. The molecule has 144 valence electrons. The van der Waals surface area contributed by atoms with E-state index in [-0.39, 0.29) is 18.0 Å². The van der Waals surface area contributed by atoms with Crippen LogP contribution in [0.3, 0.4) is 0 Å². The number of rotatable bonds is 7. The summed E-state index contributed by atoms with van der Waals surface area (Å²) in [6.45, 7) is 6.10. The van der Waals surface area contributed by atoms with Crippen molar-refractivity contribution in [3.05, 3.63) is 40.1 Å². The molecule has 0 saturated heterocycles. The van der Waals surface area contributed by atoms with Gasteiger partial charge < -0.3 is 14.5 Å². The summed E-state index contributed by atoms with van der Waals surface area (Å²) in [4.78, 5) is 27.9. The fourth-order valence-corrected chi connectivity index (χ4v) is 2.41. The zero-order valence-corrected chi connectivity index (χ0v) is 17.5. The molecular formula is C19H26BrFN2O3. The van der Waals surface area contributed by atoms with Gasteiger partial charge in [0.2, 0.25) is 5.91 Å². The van der Waals surface area contributed by atoms with Gasteiger partial charge in [-0.25, -0.2) is 4.39 Å². The molecule has 0 saturated carbocycles. The van der Waals surface area contributed by atoms with Gasteiger partial charge in [-0.3, -0.25) is 9.59 Å². The molecule has 7 heteroatoms. The summed E-state index contributed by atoms with van der Waals surface area (Å²) in [5.41, 5.74) is -0.333. The van der Waals surface area contributed by atoms with Crippen LogP contribution in [0.2, 0.25) is 0 Å². The lowest BCUT2D eigenvalue weighted by Gasteiger charge is -2.25. The van der Waals surface area contributed by atoms with Gasteiger partial charge in [0.25, 0.3) is 0 Å². The first-order valence-electron chi connectivity index (χ1n) is 8.26. The molecule has 0 radical (unpaired) electrons. The van der Waals surface area contributed by atoms with Crippen LogP contribution in [0.1, 0.15) is 26.3 Å². The fourth-order valence-electron chi connectivity index (χ4n) is 2.03. The van der Waals surface area contributed by atoms with Gasteiger partial charge in [-0.1, -0.05) is 15.9 Å². The third-order valence-electron chi connectivity index (χ3n) is 3.23. The predicted molar refractivity (Wildman–Crippen MR) is 104 cm³/mol. The van der Waals surface area contributed by atoms with Gasteiger partial charge in [0.1, 0.15) is 18.0 Å². The number of hydrogen-bond donors (Lipinski definition) is 0. The van der Waals surface area contributed by atoms with Crippen molar-refractivity contribution in [2.45, 2.75) is 26.4 Å². The van der Waals surface area contributed by atoms with Crippen molar-refractivity contribution in [3.63, 3.8) is 0 Å². The Morgan fingerprint density at radius 3 is 2.46 bits per heavy atom. The second kappa shape index (κ2) is 9.83. The number of hydrogen-bond acceptors (Lipinski definition) is 4. The number of benzene rings is 1. The van der Waals surface area contributed by atoms with Crippen LogP contribution in [-0.2, 0) is 14.3 Å². The second-order valence-corrected chi connectivity index (χ2v) is 8.06. The summed E-state index contributed by atoms with van der Waals surface area (Å²) in [6, 6.07) is 4.48. The van der Waals surface area contributed by atoms with E-state index in [1.54, 1.807) is 32.9 Å². The van der Waals surface area contributed by atoms with Crippen molar-refractivity contribution in [2.75, 3.05) is 33.7 Å². The van der Waals surface area contributed by atoms with E-state index in [0.717, 1.165) is 0 Å². The molecule has 0 aliphatic carbocycles. The number of likely N-dealkylation sites (N-methyl/N-ethyl adjacent to an activating group) is 1. The van der Waals surface area contributed by atoms with Crippen LogP contribution in [0.5, 0.6) is 0 Å². The molecule has 1 aromatic rings. The SMILES string of the molecule is CN(C)CCN(CC(=O)OC(C)(C)C)C(=O)C=Cc1cc(Br)ccc1F. The van der Waals surface area contributed by atoms with Crippen LogP contribution in [0.4, 0.5) is 4.39 Å². The quantitative estimate of drug-likeness (QED) is 0.493. The minimum absolute atomic E-state index is 0.157. The Labute approximate surface area is 162 Å². The summed E-state index contributed by atoms with van der Waals surface area (Å²) in [5.74, 6) is -1.28. The highest BCUT2D eigenvalue weighted by atomic mass is 79.9. The van der Waals surface area contributed by atoms with Crippen molar-refractivity contribution < 1.29 is 18.7 Å². The molecule has 0 aliphatic rings. The van der Waals surface area contributed by atoms with Crippen molar-refractivity contribution in [1.29, 1.82) is 0 Å². The number of esters is 1. The second-order valence-electron chi connectivity index (χ2n) is 7.15. The molecule has 0 atom stereocenters. The molecule has 0 bridgehead atoms. The maximum atomic E-state index is 13.8. The molecule has 0 N–H and O–H groups in total. The first kappa shape index (κ1) is 22.3. The smallest absolute Gasteiger partial charge is 0.326 e. The third kappa shape index (κ3) is 8.58. The van der Waals surface area contributed by atoms with Gasteiger partial charge >= 0.3 is 5.97 Å². The highest BCUT2D eigenvalue weighted by molar-refractivity contribution is 9.10. The molecule has 0 unspecified atom stereocenters. The van der Waals surface area contributed by atoms with Crippen LogP contribution >= 0.6 is 15.9 Å². The molecule has 0 aliphatic heterocycles. The van der Waals surface area contributed by atoms with E-state index in [4.69, 9.17) is 4.74 Å². The number of carbonyl (C=O) groups is 2. The van der Waals surface area contributed by atoms with E-state index in [9.17, 15) is 14.0 Å². The topological polar surface area (TPSA) is 49.9 Å². The standard InChI is InChI=1S/C19H26BrFN2O3/c1-19(2,3)26-18(25)13-23(11-10-22(4)5)17(24)9-6-14-12-15(20)7-8-16(14)21/h6-9,12H,10-11,13H2,1-5H3. The Morgan fingerprint density at radius 2 is 1.88 bits per heavy atom. The highest BCUT2D eigenvalue weighted by Crippen LogP contribution is 2.17. The number of nitrogens with zero attached hydrogens (tertiary/aromatic N) is 2. The predicted octanol–water partition coefficient (Wildman–Crippen LogP) is 3.33. The van der Waals surface area contributed by atoms with Crippen molar-refractivity contribution in [1.82, 2.24) is 9.80 Å². The molecule has 0 spiro atoms. The average molecular weight is 429 g/mol. The zero-order valence-electron chi connectivity index (χ0n) is 15.9. The Morgan fingerprint density at radius 1 is 1.23 bits per heavy atom. The minimum Gasteiger partial charge on any atom is -0.459 e. The van der Waals surface area contributed by atoms with Crippen LogP contribution in [0.15, 0.2) is 28.7 Å². The fraction of sp³-hybridized carbons (Fsp3) is 0.474. The maximum absolute atomic E-state index is 13.8. The summed E-state index contributed by atoms with van der Waals surface area (Å²) in [5, 5.41) is 0. The van der Waals surface area contributed by atoms with Gasteiger partial charge in [0, 0.05) is 29.2 Å². The van der Waals surface area contributed by atoms with E-state index >= 15 is 0 Å². The van der Waals surface area contributed by atoms with E-state index in [1.165, 1.54) is 23.1 Å². The average Bonchev–Trinajstić information content (AvgIpc) is 2.50. The zero-order chi connectivity index (χ0) is 19.9. The first-order chi connectivity index (χ1) is 12.0. The van der Waals surface area contributed by atoms with Gasteiger partial charge in [0.15, 0.2) is 0 Å². The highest BCUT2D eigenvalue weighted by Gasteiger charge is 2.21. The monoisotopic (exact) mass is 428 g/mol. The molecule has 0 fully saturated rings. The number of ether oxygens (including phenoxy) is 1. The third-order valence-corrected chi connectivity index (χ3v) is 3.73. The maximum Gasteiger partial charge on any atom is 0.326 e. The molecule has 5 nitrogen and oxygen atoms in total. The molecule has 1 amide bonds. The van der Waals surface area contributed by atoms with E-state index in [1.807, 2.05) is 19.0 Å². The van der Waals surface area contributed by atoms with Crippen molar-refractivity contribution in [3.8, 4) is 0 Å². The first-order valence-corrected chi connectivity index (χ1v) is 9.06. The molecule has 0 aromatic heterocycles. The summed E-state index contributed by atoms with van der Waals surface area (Å²) < 4.78 is 19.8. The van der Waals surface area contributed by atoms with Crippen LogP contribution in [-0.4, -0.2) is 61.0 Å². The van der Waals surface area contributed by atoms with Gasteiger partial charge in [-0.15, -0.1) is 0 Å². The molecule has 1 rings (SSSR count). The lowest BCUT2D eigenvalue weighted by molar-refractivity contribution is -0.158. The lowest BCUT2D eigenvalue weighted by Crippen LogP contribution is -2.41.